The van der Waals surface area contributed by atoms with E-state index in [4.69, 9.17) is 5.73 Å². The van der Waals surface area contributed by atoms with Gasteiger partial charge in [-0.3, -0.25) is 4.90 Å². The molecule has 0 radical (unpaired) electrons. The Kier molecular flexibility index (Phi) is 2.36. The van der Waals surface area contributed by atoms with Crippen molar-refractivity contribution in [2.45, 2.75) is 30.6 Å². The second kappa shape index (κ2) is 3.20. The third-order valence-corrected chi connectivity index (χ3v) is 4.37. The molecule has 0 bridgehead atoms. The quantitative estimate of drug-likeness (QED) is 0.695. The van der Waals surface area contributed by atoms with E-state index in [-0.39, 0.29) is 0 Å². The smallest absolute Gasteiger partial charge is 0.0297 e. The van der Waals surface area contributed by atoms with E-state index in [1.165, 1.54) is 25.1 Å². The highest BCUT2D eigenvalue weighted by molar-refractivity contribution is 8.00. The Hall–Kier alpha value is 0.270. The topological polar surface area (TPSA) is 29.3 Å². The lowest BCUT2D eigenvalue weighted by atomic mass is 10.0. The Balaban J connectivity index is 1.78. The van der Waals surface area contributed by atoms with Crippen LogP contribution >= 0.6 is 11.8 Å². The van der Waals surface area contributed by atoms with E-state index >= 15 is 0 Å². The third-order valence-electron chi connectivity index (χ3n) is 2.84. The minimum absolute atomic E-state index is 0.458. The first-order valence-corrected chi connectivity index (χ1v) is 5.78. The molecule has 0 amide bonds. The summed E-state index contributed by atoms with van der Waals surface area (Å²) in [5, 5.41) is 0. The Morgan fingerprint density at radius 1 is 1.58 bits per heavy atom. The maximum atomic E-state index is 5.74. The van der Waals surface area contributed by atoms with E-state index in [2.05, 4.69) is 23.6 Å². The molecule has 0 aromatic carbocycles. The van der Waals surface area contributed by atoms with E-state index in [9.17, 15) is 0 Å². The molecule has 2 rings (SSSR count). The first-order valence-electron chi connectivity index (χ1n) is 4.80. The lowest BCUT2D eigenvalue weighted by Crippen LogP contribution is -2.58. The molecular weight excluding hydrogens is 168 g/mol. The molecule has 2 saturated heterocycles. The fourth-order valence-electron chi connectivity index (χ4n) is 2.17. The number of thioether (sulfide) groups is 1. The summed E-state index contributed by atoms with van der Waals surface area (Å²) in [6, 6.07) is 0.458. The normalized spacial score (nSPS) is 38.5. The fraction of sp³-hybridized carbons (Fsp3) is 1.00. The predicted molar refractivity (Wildman–Crippen MR) is 54.5 cm³/mol. The molecule has 0 aromatic heterocycles. The number of rotatable bonds is 2. The maximum absolute atomic E-state index is 5.74. The van der Waals surface area contributed by atoms with Gasteiger partial charge in [0.15, 0.2) is 0 Å². The van der Waals surface area contributed by atoms with Crippen LogP contribution in [0.5, 0.6) is 0 Å². The minimum Gasteiger partial charge on any atom is -0.325 e. The van der Waals surface area contributed by atoms with Crippen molar-refractivity contribution in [3.8, 4) is 0 Å². The average molecular weight is 186 g/mol. The number of hydrogen-bond acceptors (Lipinski definition) is 3. The van der Waals surface area contributed by atoms with E-state index in [0.717, 1.165) is 13.1 Å². The average Bonchev–Trinajstić information content (AvgIpc) is 2.33. The summed E-state index contributed by atoms with van der Waals surface area (Å²) >= 11 is 2.14. The van der Waals surface area contributed by atoms with Crippen molar-refractivity contribution >= 4 is 11.8 Å². The lowest BCUT2D eigenvalue weighted by molar-refractivity contribution is 0.137. The van der Waals surface area contributed by atoms with Crippen LogP contribution in [0.2, 0.25) is 0 Å². The zero-order valence-corrected chi connectivity index (χ0v) is 8.57. The molecule has 2 aliphatic rings. The van der Waals surface area contributed by atoms with Crippen LogP contribution in [-0.4, -0.2) is 41.1 Å². The molecule has 1 unspecified atom stereocenters. The molecule has 2 fully saturated rings. The SMILES string of the molecule is CC1(CN2CC(N)C2)CCCS1. The van der Waals surface area contributed by atoms with E-state index in [1.807, 2.05) is 0 Å². The maximum Gasteiger partial charge on any atom is 0.0297 e. The Morgan fingerprint density at radius 3 is 2.83 bits per heavy atom. The van der Waals surface area contributed by atoms with Crippen molar-refractivity contribution in [2.24, 2.45) is 5.73 Å². The highest BCUT2D eigenvalue weighted by Crippen LogP contribution is 2.38. The van der Waals surface area contributed by atoms with E-state index in [0.29, 0.717) is 10.8 Å². The first kappa shape index (κ1) is 8.85. The molecule has 0 aliphatic carbocycles. The molecular formula is C9H18N2S. The predicted octanol–water partition coefficient (Wildman–Crippen LogP) is 0.915. The largest absolute Gasteiger partial charge is 0.325 e. The van der Waals surface area contributed by atoms with Gasteiger partial charge >= 0.3 is 0 Å². The van der Waals surface area contributed by atoms with Gasteiger partial charge < -0.3 is 5.73 Å². The zero-order chi connectivity index (χ0) is 8.60. The monoisotopic (exact) mass is 186 g/mol. The van der Waals surface area contributed by atoms with Crippen LogP contribution in [0.4, 0.5) is 0 Å². The molecule has 12 heavy (non-hydrogen) atoms. The van der Waals surface area contributed by atoms with Gasteiger partial charge in [0.2, 0.25) is 0 Å². The first-order chi connectivity index (χ1) is 5.68. The van der Waals surface area contributed by atoms with Crippen molar-refractivity contribution in [1.82, 2.24) is 4.90 Å². The molecule has 0 spiro atoms. The Labute approximate surface area is 78.9 Å². The van der Waals surface area contributed by atoms with Crippen LogP contribution in [0.3, 0.4) is 0 Å². The molecule has 1 atom stereocenters. The number of nitrogens with zero attached hydrogens (tertiary/aromatic N) is 1. The van der Waals surface area contributed by atoms with Gasteiger partial charge in [-0.1, -0.05) is 0 Å². The summed E-state index contributed by atoms with van der Waals surface area (Å²) in [6.45, 7) is 5.90. The van der Waals surface area contributed by atoms with Gasteiger partial charge in [-0.2, -0.15) is 11.8 Å². The van der Waals surface area contributed by atoms with Crippen molar-refractivity contribution in [2.75, 3.05) is 25.4 Å². The van der Waals surface area contributed by atoms with Crippen LogP contribution in [0, 0.1) is 0 Å². The van der Waals surface area contributed by atoms with Crippen molar-refractivity contribution in [1.29, 1.82) is 0 Å². The van der Waals surface area contributed by atoms with Crippen molar-refractivity contribution in [3.63, 3.8) is 0 Å². The summed E-state index contributed by atoms with van der Waals surface area (Å²) < 4.78 is 0.542. The molecule has 0 saturated carbocycles. The summed E-state index contributed by atoms with van der Waals surface area (Å²) in [5.74, 6) is 1.36. The van der Waals surface area contributed by atoms with Gasteiger partial charge in [-0.25, -0.2) is 0 Å². The highest BCUT2D eigenvalue weighted by atomic mass is 32.2. The van der Waals surface area contributed by atoms with Gasteiger partial charge in [0.1, 0.15) is 0 Å². The second-order valence-electron chi connectivity index (χ2n) is 4.36. The molecule has 2 heterocycles. The highest BCUT2D eigenvalue weighted by Gasteiger charge is 2.34. The van der Waals surface area contributed by atoms with Crippen molar-refractivity contribution < 1.29 is 0 Å². The zero-order valence-electron chi connectivity index (χ0n) is 7.75. The summed E-state index contributed by atoms with van der Waals surface area (Å²) in [4.78, 5) is 2.49. The van der Waals surface area contributed by atoms with Gasteiger partial charge in [0.25, 0.3) is 0 Å². The van der Waals surface area contributed by atoms with Gasteiger partial charge in [0, 0.05) is 30.4 Å². The molecule has 0 aromatic rings. The van der Waals surface area contributed by atoms with Gasteiger partial charge in [0.05, 0.1) is 0 Å². The number of hydrogen-bond donors (Lipinski definition) is 1. The third kappa shape index (κ3) is 1.78. The summed E-state index contributed by atoms with van der Waals surface area (Å²) in [6.07, 6.45) is 2.80. The fourth-order valence-corrected chi connectivity index (χ4v) is 3.52. The molecule has 3 heteroatoms. The van der Waals surface area contributed by atoms with E-state index < -0.39 is 0 Å². The van der Waals surface area contributed by atoms with E-state index in [1.54, 1.807) is 0 Å². The van der Waals surface area contributed by atoms with Crippen LogP contribution in [0.15, 0.2) is 0 Å². The number of likely N-dealkylation sites (tertiary alicyclic amines) is 1. The molecule has 2 aliphatic heterocycles. The van der Waals surface area contributed by atoms with Crippen LogP contribution < -0.4 is 5.73 Å². The standard InChI is InChI=1S/C9H18N2S/c1-9(3-2-4-12-9)7-11-5-8(10)6-11/h8H,2-7,10H2,1H3. The van der Waals surface area contributed by atoms with Crippen LogP contribution in [-0.2, 0) is 0 Å². The lowest BCUT2D eigenvalue weighted by Gasteiger charge is -2.41. The second-order valence-corrected chi connectivity index (χ2v) is 6.04. The van der Waals surface area contributed by atoms with Crippen LogP contribution in [0.1, 0.15) is 19.8 Å². The molecule has 2 N–H and O–H groups in total. The van der Waals surface area contributed by atoms with Crippen LogP contribution in [0.25, 0.3) is 0 Å². The van der Waals surface area contributed by atoms with Gasteiger partial charge in [-0.05, 0) is 25.5 Å². The van der Waals surface area contributed by atoms with Gasteiger partial charge in [-0.15, -0.1) is 0 Å². The summed E-state index contributed by atoms with van der Waals surface area (Å²) in [7, 11) is 0. The molecule has 70 valence electrons. The number of nitrogens with two attached hydrogens (primary N) is 1. The van der Waals surface area contributed by atoms with Crippen molar-refractivity contribution in [3.05, 3.63) is 0 Å². The summed E-state index contributed by atoms with van der Waals surface area (Å²) in [5.41, 5.74) is 5.74. The molecule has 2 nitrogen and oxygen atoms in total. The Bertz CT molecular complexity index is 160. The minimum atomic E-state index is 0.458. The Morgan fingerprint density at radius 2 is 2.33 bits per heavy atom.